The molecule has 4 aliphatic heterocycles. The number of nitrogens with zero attached hydrogens (tertiary/aromatic N) is 4. The van der Waals surface area contributed by atoms with Gasteiger partial charge in [-0.1, -0.05) is 81.4 Å². The number of carbonyl (C=O) groups excluding carboxylic acids is 5. The van der Waals surface area contributed by atoms with Crippen molar-refractivity contribution in [2.24, 2.45) is 27.7 Å². The van der Waals surface area contributed by atoms with Gasteiger partial charge < -0.3 is 39.4 Å². The van der Waals surface area contributed by atoms with Crippen molar-refractivity contribution in [3.8, 4) is 28.4 Å². The molecule has 77 heavy (non-hydrogen) atoms. The van der Waals surface area contributed by atoms with Crippen molar-refractivity contribution < 1.29 is 42.9 Å². The van der Waals surface area contributed by atoms with E-state index >= 15 is 0 Å². The summed E-state index contributed by atoms with van der Waals surface area (Å²) in [5.74, 6) is 0.326. The van der Waals surface area contributed by atoms with E-state index in [9.17, 15) is 24.0 Å². The number of amides is 4. The number of hydrogen-bond donors (Lipinski definition) is 2. The Hall–Kier alpha value is -8.33. The van der Waals surface area contributed by atoms with Crippen LogP contribution in [0, 0.1) is 24.7 Å². The fourth-order valence-electron chi connectivity index (χ4n) is 11.1. The van der Waals surface area contributed by atoms with Gasteiger partial charge in [0.2, 0.25) is 5.91 Å². The van der Waals surface area contributed by atoms with Gasteiger partial charge in [-0.15, -0.1) is 0 Å². The summed E-state index contributed by atoms with van der Waals surface area (Å²) in [4.78, 5) is 80.8. The molecule has 0 unspecified atom stereocenters. The number of rotatable bonds is 18. The van der Waals surface area contributed by atoms with E-state index in [2.05, 4.69) is 34.9 Å². The molecule has 11 rings (SSSR count). The van der Waals surface area contributed by atoms with Gasteiger partial charge in [0.15, 0.2) is 17.3 Å². The predicted octanol–water partition coefficient (Wildman–Crippen LogP) is 11.1. The zero-order valence-corrected chi connectivity index (χ0v) is 43.9. The van der Waals surface area contributed by atoms with Gasteiger partial charge in [0.25, 0.3) is 11.8 Å². The first kappa shape index (κ1) is 50.8. The minimum atomic E-state index is -0.834. The number of carbonyl (C=O) groups is 5. The smallest absolute Gasteiger partial charge is 0.407 e. The number of ketones is 1. The number of nitrogens with one attached hydrogen (secondary N) is 2. The lowest BCUT2D eigenvalue weighted by Crippen LogP contribution is -2.45. The van der Waals surface area contributed by atoms with E-state index in [1.165, 1.54) is 18.4 Å². The number of benzene rings is 5. The number of aliphatic imine (C=N–C) groups is 2. The van der Waals surface area contributed by atoms with E-state index in [0.29, 0.717) is 77.4 Å². The van der Waals surface area contributed by atoms with Crippen LogP contribution in [0.15, 0.2) is 125 Å². The standard InChI is InChI=1S/C62H62N6O9/c1-35(2)58(66-62(73)77-34-51-47-13-8-6-11-45(47)46-12-7-9-14-48(46)51)54(69)24-37(4)59(70)65-42-19-17-39(18-20-42)41-26-43-30-63-52-28-55(36(3)23-49(52)60(71)67(43)33-41)75-21-10-22-76-57-29-53-50(27-56(57)74-5)61(72)68-32-40(38-15-16-38)25-44(68)31-64-53/h6-9,11-14,17-20,23,27-33,35,37-38,43-44,51,58H,10,15-16,21-22,24-26,34H2,1-5H3,(H,65,70)(H,66,73)/t37-,43+,44+,58+/m1/s1. The third-order valence-corrected chi connectivity index (χ3v) is 15.5. The lowest BCUT2D eigenvalue weighted by atomic mass is 9.93. The number of anilines is 1. The second kappa shape index (κ2) is 21.4. The van der Waals surface area contributed by atoms with Gasteiger partial charge in [0.1, 0.15) is 12.4 Å². The highest BCUT2D eigenvalue weighted by molar-refractivity contribution is 6.06. The highest BCUT2D eigenvalue weighted by atomic mass is 16.5. The minimum Gasteiger partial charge on any atom is -0.493 e. The van der Waals surface area contributed by atoms with Crippen LogP contribution in [-0.2, 0) is 14.3 Å². The Kier molecular flexibility index (Phi) is 14.1. The molecule has 2 aliphatic carbocycles. The molecule has 0 bridgehead atoms. The van der Waals surface area contributed by atoms with Crippen molar-refractivity contribution in [1.82, 2.24) is 15.1 Å². The fraction of sp³-hybridized carbons (Fsp3) is 0.339. The average Bonchev–Trinajstić information content (AvgIpc) is 4.11. The van der Waals surface area contributed by atoms with Gasteiger partial charge in [0.05, 0.1) is 61.0 Å². The summed E-state index contributed by atoms with van der Waals surface area (Å²) in [6, 6.07) is 29.5. The van der Waals surface area contributed by atoms with Crippen molar-refractivity contribution in [1.29, 1.82) is 0 Å². The average molecular weight is 1040 g/mol. The van der Waals surface area contributed by atoms with Crippen LogP contribution in [0.25, 0.3) is 16.7 Å². The van der Waals surface area contributed by atoms with E-state index in [1.807, 2.05) is 87.9 Å². The number of ether oxygens (including phenoxy) is 4. The summed E-state index contributed by atoms with van der Waals surface area (Å²) in [7, 11) is 1.56. The zero-order chi connectivity index (χ0) is 53.5. The highest BCUT2D eigenvalue weighted by Gasteiger charge is 2.39. The molecule has 0 spiro atoms. The van der Waals surface area contributed by atoms with Gasteiger partial charge >= 0.3 is 6.09 Å². The molecule has 1 fully saturated rings. The second-order valence-electron chi connectivity index (χ2n) is 21.2. The second-order valence-corrected chi connectivity index (χ2v) is 21.2. The van der Waals surface area contributed by atoms with E-state index in [1.54, 1.807) is 54.3 Å². The molecular formula is C62H62N6O9. The molecule has 6 aliphatic rings. The normalized spacial score (nSPS) is 18.6. The fourth-order valence-corrected chi connectivity index (χ4v) is 11.1. The first-order valence-corrected chi connectivity index (χ1v) is 26.6. The molecule has 4 heterocycles. The monoisotopic (exact) mass is 1030 g/mol. The summed E-state index contributed by atoms with van der Waals surface area (Å²) in [5, 5.41) is 5.71. The molecule has 4 amide bonds. The van der Waals surface area contributed by atoms with Crippen LogP contribution in [0.5, 0.6) is 17.2 Å². The Balaban J connectivity index is 0.648. The zero-order valence-electron chi connectivity index (χ0n) is 43.9. The Bertz CT molecular complexity index is 3270. The van der Waals surface area contributed by atoms with Crippen molar-refractivity contribution >= 4 is 64.7 Å². The summed E-state index contributed by atoms with van der Waals surface area (Å²) >= 11 is 0. The molecule has 2 N–H and O–H groups in total. The van der Waals surface area contributed by atoms with Crippen LogP contribution >= 0.6 is 0 Å². The summed E-state index contributed by atoms with van der Waals surface area (Å²) in [5.41, 5.74) is 11.0. The highest BCUT2D eigenvalue weighted by Crippen LogP contribution is 2.46. The molecular weight excluding hydrogens is 973 g/mol. The van der Waals surface area contributed by atoms with Crippen LogP contribution in [-0.4, -0.2) is 96.9 Å². The van der Waals surface area contributed by atoms with Gasteiger partial charge in [0, 0.05) is 73.7 Å². The largest absolute Gasteiger partial charge is 0.493 e. The van der Waals surface area contributed by atoms with Crippen molar-refractivity contribution in [2.75, 3.05) is 32.2 Å². The summed E-state index contributed by atoms with van der Waals surface area (Å²) in [6.07, 6.45) is 11.1. The van der Waals surface area contributed by atoms with Gasteiger partial charge in [-0.2, -0.15) is 0 Å². The van der Waals surface area contributed by atoms with Crippen LogP contribution in [0.2, 0.25) is 0 Å². The van der Waals surface area contributed by atoms with E-state index in [4.69, 9.17) is 28.9 Å². The van der Waals surface area contributed by atoms with E-state index in [-0.39, 0.29) is 60.5 Å². The lowest BCUT2D eigenvalue weighted by molar-refractivity contribution is -0.127. The Morgan fingerprint density at radius 3 is 1.97 bits per heavy atom. The Labute approximate surface area is 448 Å². The third-order valence-electron chi connectivity index (χ3n) is 15.5. The van der Waals surface area contributed by atoms with Crippen LogP contribution in [0.3, 0.4) is 0 Å². The first-order valence-electron chi connectivity index (χ1n) is 26.6. The number of methoxy groups -OCH3 is 1. The molecule has 15 nitrogen and oxygen atoms in total. The topological polar surface area (TPSA) is 178 Å². The summed E-state index contributed by atoms with van der Waals surface area (Å²) in [6.45, 7) is 8.10. The molecule has 5 aromatic rings. The maximum atomic E-state index is 14.1. The van der Waals surface area contributed by atoms with Crippen LogP contribution in [0.1, 0.15) is 108 Å². The Morgan fingerprint density at radius 1 is 0.714 bits per heavy atom. The van der Waals surface area contributed by atoms with E-state index < -0.39 is 18.1 Å². The molecule has 1 saturated carbocycles. The molecule has 5 aromatic carbocycles. The number of hydrogen-bond acceptors (Lipinski definition) is 11. The van der Waals surface area contributed by atoms with Crippen molar-refractivity contribution in [3.05, 3.63) is 148 Å². The van der Waals surface area contributed by atoms with Crippen molar-refractivity contribution in [2.45, 2.75) is 90.3 Å². The molecule has 4 atom stereocenters. The number of Topliss-reactive ketones (excluding diaryl/α,β-unsaturated/α-hetero) is 1. The van der Waals surface area contributed by atoms with Gasteiger partial charge in [-0.25, -0.2) is 4.79 Å². The minimum absolute atomic E-state index is 0.0724. The third kappa shape index (κ3) is 10.4. The lowest BCUT2D eigenvalue weighted by Gasteiger charge is -2.23. The maximum absolute atomic E-state index is 14.1. The number of fused-ring (bicyclic) bond motifs is 7. The molecule has 0 saturated heterocycles. The summed E-state index contributed by atoms with van der Waals surface area (Å²) < 4.78 is 23.7. The molecule has 394 valence electrons. The SMILES string of the molecule is COc1cc2c(cc1OCCCOc1cc3c(cc1C)C(=O)N1C=C(c4ccc(NC(=O)[C@H](C)CC(=O)[C@@H](NC(=O)OCC5c6ccccc6-c6ccccc65)C(C)C)cc4)C[C@H]1C=N3)N=C[C@@H]1CC(C3CC3)=CN1C2=O. The number of alkyl carbamates (subject to hydrolysis) is 1. The molecule has 15 heteroatoms. The van der Waals surface area contributed by atoms with Crippen LogP contribution in [0.4, 0.5) is 21.9 Å². The predicted molar refractivity (Wildman–Crippen MR) is 295 cm³/mol. The quantitative estimate of drug-likeness (QED) is 0.0808. The molecule has 0 radical (unpaired) electrons. The van der Waals surface area contributed by atoms with Crippen LogP contribution < -0.4 is 24.8 Å². The Morgan fingerprint density at radius 2 is 1.32 bits per heavy atom. The maximum Gasteiger partial charge on any atom is 0.407 e. The van der Waals surface area contributed by atoms with Gasteiger partial charge in [-0.3, -0.25) is 29.2 Å². The van der Waals surface area contributed by atoms with E-state index in [0.717, 1.165) is 45.4 Å². The van der Waals surface area contributed by atoms with Crippen molar-refractivity contribution in [3.63, 3.8) is 0 Å². The first-order chi connectivity index (χ1) is 37.3. The number of aryl methyl sites for hydroxylation is 1. The van der Waals surface area contributed by atoms with Gasteiger partial charge in [-0.05, 0) is 107 Å². The molecule has 0 aromatic heterocycles.